The average Bonchev–Trinajstić information content (AvgIpc) is 2.10. The van der Waals surface area contributed by atoms with Crippen molar-refractivity contribution < 1.29 is 9.13 Å². The minimum atomic E-state index is -0.816. The van der Waals surface area contributed by atoms with Gasteiger partial charge in [0.15, 0.2) is 0 Å². The molecule has 0 amide bonds. The molecule has 0 saturated heterocycles. The van der Waals surface area contributed by atoms with Crippen LogP contribution in [0.2, 0.25) is 0 Å². The molecule has 0 fully saturated rings. The topological polar surface area (TPSA) is 9.23 Å². The molecule has 11 heavy (non-hydrogen) atoms. The summed E-state index contributed by atoms with van der Waals surface area (Å²) >= 11 is 0. The summed E-state index contributed by atoms with van der Waals surface area (Å²) in [6, 6.07) is 0. The van der Waals surface area contributed by atoms with Crippen LogP contribution < -0.4 is 0 Å². The molecule has 0 radical (unpaired) electrons. The quantitative estimate of drug-likeness (QED) is 0.570. The van der Waals surface area contributed by atoms with Crippen molar-refractivity contribution in [3.8, 4) is 0 Å². The monoisotopic (exact) mass is 158 g/mol. The Morgan fingerprint density at radius 3 is 2.55 bits per heavy atom. The highest BCUT2D eigenvalue weighted by atomic mass is 19.1. The molecule has 2 heteroatoms. The van der Waals surface area contributed by atoms with E-state index in [4.69, 9.17) is 4.74 Å². The second-order valence-electron chi connectivity index (χ2n) is 1.92. The Bertz CT molecular complexity index is 150. The number of rotatable bonds is 1. The van der Waals surface area contributed by atoms with Crippen LogP contribution in [0.5, 0.6) is 0 Å². The summed E-state index contributed by atoms with van der Waals surface area (Å²) in [5, 5.41) is 0. The van der Waals surface area contributed by atoms with E-state index in [1.165, 1.54) is 6.08 Å². The highest BCUT2D eigenvalue weighted by Gasteiger charge is 2.04. The lowest BCUT2D eigenvalue weighted by Gasteiger charge is -2.06. The van der Waals surface area contributed by atoms with Crippen LogP contribution in [0, 0.1) is 0 Å². The smallest absolute Gasteiger partial charge is 0.122 e. The van der Waals surface area contributed by atoms with E-state index in [1.54, 1.807) is 19.3 Å². The van der Waals surface area contributed by atoms with Gasteiger partial charge in [0, 0.05) is 6.42 Å². The number of ether oxygens (including phenoxy) is 1. The molecule has 0 saturated carbocycles. The molecule has 0 aromatic rings. The van der Waals surface area contributed by atoms with Crippen molar-refractivity contribution >= 4 is 0 Å². The first kappa shape index (κ1) is 10.2. The third-order valence-corrected chi connectivity index (χ3v) is 1.25. The lowest BCUT2D eigenvalue weighted by molar-refractivity contribution is 0.296. The highest BCUT2D eigenvalue weighted by Crippen LogP contribution is 2.12. The van der Waals surface area contributed by atoms with Gasteiger partial charge < -0.3 is 4.74 Å². The fourth-order valence-corrected chi connectivity index (χ4v) is 0.726. The summed E-state index contributed by atoms with van der Waals surface area (Å²) in [7, 11) is 1.58. The van der Waals surface area contributed by atoms with Gasteiger partial charge in [-0.15, -0.1) is 0 Å². The zero-order valence-corrected chi connectivity index (χ0v) is 7.30. The molecule has 0 aromatic carbocycles. The van der Waals surface area contributed by atoms with Crippen molar-refractivity contribution in [2.24, 2.45) is 0 Å². The van der Waals surface area contributed by atoms with Gasteiger partial charge in [0.2, 0.25) is 0 Å². The van der Waals surface area contributed by atoms with E-state index in [9.17, 15) is 4.39 Å². The molecule has 1 unspecified atom stereocenters. The zero-order chi connectivity index (χ0) is 8.69. The van der Waals surface area contributed by atoms with Gasteiger partial charge in [-0.3, -0.25) is 0 Å². The van der Waals surface area contributed by atoms with Crippen molar-refractivity contribution in [2.45, 2.75) is 26.4 Å². The molecule has 1 rings (SSSR count). The molecule has 0 bridgehead atoms. The van der Waals surface area contributed by atoms with Crippen molar-refractivity contribution in [1.82, 2.24) is 0 Å². The number of hydrogen-bond acceptors (Lipinski definition) is 1. The van der Waals surface area contributed by atoms with E-state index in [-0.39, 0.29) is 0 Å². The van der Waals surface area contributed by atoms with Gasteiger partial charge in [-0.1, -0.05) is 13.8 Å². The molecule has 64 valence electrons. The zero-order valence-electron chi connectivity index (χ0n) is 7.30. The fourth-order valence-electron chi connectivity index (χ4n) is 0.726. The minimum Gasteiger partial charge on any atom is -0.497 e. The lowest BCUT2D eigenvalue weighted by Crippen LogP contribution is -1.98. The van der Waals surface area contributed by atoms with E-state index in [0.29, 0.717) is 6.42 Å². The minimum absolute atomic E-state index is 0.444. The number of methoxy groups -OCH3 is 1. The Kier molecular flexibility index (Phi) is 5.53. The van der Waals surface area contributed by atoms with Gasteiger partial charge >= 0.3 is 0 Å². The van der Waals surface area contributed by atoms with E-state index < -0.39 is 6.17 Å². The maximum absolute atomic E-state index is 12.3. The summed E-state index contributed by atoms with van der Waals surface area (Å²) in [5.41, 5.74) is 0. The molecular weight excluding hydrogens is 143 g/mol. The Balaban J connectivity index is 0.000000461. The summed E-state index contributed by atoms with van der Waals surface area (Å²) in [6.45, 7) is 4.00. The Morgan fingerprint density at radius 1 is 1.55 bits per heavy atom. The fraction of sp³-hybridized carbons (Fsp3) is 0.556. The Hall–Kier alpha value is -0.790. The van der Waals surface area contributed by atoms with Crippen LogP contribution in [0.15, 0.2) is 24.0 Å². The van der Waals surface area contributed by atoms with Gasteiger partial charge in [-0.05, 0) is 18.2 Å². The number of halogens is 1. The molecular formula is C9H15FO. The van der Waals surface area contributed by atoms with Crippen LogP contribution >= 0.6 is 0 Å². The molecule has 0 heterocycles. The van der Waals surface area contributed by atoms with Crippen LogP contribution in [0.3, 0.4) is 0 Å². The Morgan fingerprint density at radius 2 is 2.18 bits per heavy atom. The standard InChI is InChI=1S/C7H9FO.C2H6/c1-9-7-4-2-6(8)3-5-7;1-2/h2,4-6H,3H2,1H3;1-2H3. The molecule has 0 aliphatic heterocycles. The first-order valence-corrected chi connectivity index (χ1v) is 3.89. The first-order chi connectivity index (χ1) is 5.33. The largest absolute Gasteiger partial charge is 0.497 e. The second-order valence-corrected chi connectivity index (χ2v) is 1.92. The molecule has 1 aliphatic carbocycles. The predicted octanol–water partition coefficient (Wildman–Crippen LogP) is 2.84. The number of hydrogen-bond donors (Lipinski definition) is 0. The van der Waals surface area contributed by atoms with Gasteiger partial charge in [0.05, 0.1) is 7.11 Å². The van der Waals surface area contributed by atoms with E-state index in [2.05, 4.69) is 0 Å². The van der Waals surface area contributed by atoms with Gasteiger partial charge in [-0.2, -0.15) is 0 Å². The van der Waals surface area contributed by atoms with Crippen molar-refractivity contribution in [2.75, 3.05) is 7.11 Å². The molecule has 0 spiro atoms. The van der Waals surface area contributed by atoms with E-state index in [0.717, 1.165) is 5.76 Å². The van der Waals surface area contributed by atoms with Crippen LogP contribution in [0.25, 0.3) is 0 Å². The molecule has 0 N–H and O–H groups in total. The first-order valence-electron chi connectivity index (χ1n) is 3.89. The molecule has 1 nitrogen and oxygen atoms in total. The number of alkyl halides is 1. The van der Waals surface area contributed by atoms with Crippen molar-refractivity contribution in [3.63, 3.8) is 0 Å². The van der Waals surface area contributed by atoms with Crippen LogP contribution in [0.4, 0.5) is 4.39 Å². The van der Waals surface area contributed by atoms with E-state index in [1.807, 2.05) is 13.8 Å². The molecule has 0 aromatic heterocycles. The number of allylic oxidation sites excluding steroid dienone is 3. The summed E-state index contributed by atoms with van der Waals surface area (Å²) in [4.78, 5) is 0. The third-order valence-electron chi connectivity index (χ3n) is 1.25. The maximum atomic E-state index is 12.3. The van der Waals surface area contributed by atoms with E-state index >= 15 is 0 Å². The van der Waals surface area contributed by atoms with Crippen LogP contribution in [-0.2, 0) is 4.74 Å². The van der Waals surface area contributed by atoms with Crippen molar-refractivity contribution in [1.29, 1.82) is 0 Å². The normalized spacial score (nSPS) is 21.5. The van der Waals surface area contributed by atoms with Crippen molar-refractivity contribution in [3.05, 3.63) is 24.0 Å². The lowest BCUT2D eigenvalue weighted by atomic mass is 10.1. The van der Waals surface area contributed by atoms with Gasteiger partial charge in [0.25, 0.3) is 0 Å². The molecule has 1 atom stereocenters. The summed E-state index contributed by atoms with van der Waals surface area (Å²) in [6.07, 6.45) is 4.51. The SMILES string of the molecule is CC.COC1=CCC(F)C=C1. The van der Waals surface area contributed by atoms with Crippen LogP contribution in [-0.4, -0.2) is 13.3 Å². The third kappa shape index (κ3) is 3.81. The maximum Gasteiger partial charge on any atom is 0.122 e. The summed E-state index contributed by atoms with van der Waals surface area (Å²) < 4.78 is 17.2. The second kappa shape index (κ2) is 5.96. The van der Waals surface area contributed by atoms with Crippen LogP contribution in [0.1, 0.15) is 20.3 Å². The average molecular weight is 158 g/mol. The molecule has 1 aliphatic rings. The summed E-state index contributed by atoms with van der Waals surface area (Å²) in [5.74, 6) is 0.754. The Labute approximate surface area is 67.6 Å². The van der Waals surface area contributed by atoms with Gasteiger partial charge in [-0.25, -0.2) is 4.39 Å². The predicted molar refractivity (Wildman–Crippen MR) is 45.1 cm³/mol. The van der Waals surface area contributed by atoms with Gasteiger partial charge in [0.1, 0.15) is 11.9 Å². The highest BCUT2D eigenvalue weighted by molar-refractivity contribution is 5.18.